The molecule has 0 bridgehead atoms. The molecule has 0 saturated heterocycles. The van der Waals surface area contributed by atoms with Crippen LogP contribution in [0, 0.1) is 0 Å². The summed E-state index contributed by atoms with van der Waals surface area (Å²) in [5.41, 5.74) is 15.7. The lowest BCUT2D eigenvalue weighted by molar-refractivity contribution is 1.02. The maximum Gasteiger partial charge on any atom is 0.160 e. The van der Waals surface area contributed by atoms with Crippen LogP contribution >= 0.6 is 0 Å². The molecular formula is C43H27N3. The summed E-state index contributed by atoms with van der Waals surface area (Å²) in [5.74, 6) is 0.722. The minimum atomic E-state index is 0.722. The molecule has 0 radical (unpaired) electrons. The predicted molar refractivity (Wildman–Crippen MR) is 189 cm³/mol. The van der Waals surface area contributed by atoms with Crippen LogP contribution in [0.2, 0.25) is 0 Å². The van der Waals surface area contributed by atoms with Crippen molar-refractivity contribution in [3.05, 3.63) is 174 Å². The maximum absolute atomic E-state index is 5.05. The van der Waals surface area contributed by atoms with Gasteiger partial charge in [-0.2, -0.15) is 0 Å². The Bertz CT molecular complexity index is 2460. The molecule has 0 aliphatic heterocycles. The third-order valence-electron chi connectivity index (χ3n) is 9.62. The van der Waals surface area contributed by atoms with Gasteiger partial charge in [-0.25, -0.2) is 9.97 Å². The van der Waals surface area contributed by atoms with E-state index in [1.165, 1.54) is 55.2 Å². The summed E-state index contributed by atoms with van der Waals surface area (Å²) in [4.78, 5) is 10.1. The largest absolute Gasteiger partial charge is 0.313 e. The first-order valence-electron chi connectivity index (χ1n) is 15.8. The smallest absolute Gasteiger partial charge is 0.160 e. The molecule has 0 spiro atoms. The normalized spacial score (nSPS) is 13.0. The number of aromatic nitrogens is 3. The van der Waals surface area contributed by atoms with E-state index in [9.17, 15) is 0 Å². The summed E-state index contributed by atoms with van der Waals surface area (Å²) >= 11 is 0. The highest BCUT2D eigenvalue weighted by atomic mass is 15.0. The lowest BCUT2D eigenvalue weighted by atomic mass is 9.97. The Kier molecular flexibility index (Phi) is 5.34. The zero-order valence-electron chi connectivity index (χ0n) is 25.0. The van der Waals surface area contributed by atoms with Crippen molar-refractivity contribution >= 4 is 32.8 Å². The molecule has 2 aliphatic rings. The molecule has 0 unspecified atom stereocenters. The number of hydrogen-bond donors (Lipinski definition) is 0. The van der Waals surface area contributed by atoms with Crippen molar-refractivity contribution in [2.75, 3.05) is 0 Å². The van der Waals surface area contributed by atoms with Crippen molar-refractivity contribution < 1.29 is 0 Å². The highest BCUT2D eigenvalue weighted by Crippen LogP contribution is 2.54. The van der Waals surface area contributed by atoms with Gasteiger partial charge < -0.3 is 4.57 Å². The van der Waals surface area contributed by atoms with Crippen LogP contribution in [0.4, 0.5) is 0 Å². The fourth-order valence-corrected chi connectivity index (χ4v) is 7.62. The first-order valence-corrected chi connectivity index (χ1v) is 15.8. The Balaban J connectivity index is 1.11. The number of allylic oxidation sites excluding steroid dienone is 1. The van der Waals surface area contributed by atoms with Crippen LogP contribution < -0.4 is 0 Å². The second-order valence-corrected chi connectivity index (χ2v) is 12.2. The van der Waals surface area contributed by atoms with Gasteiger partial charge in [-0.3, -0.25) is 0 Å². The second kappa shape index (κ2) is 9.72. The van der Waals surface area contributed by atoms with Gasteiger partial charge in [-0.1, -0.05) is 115 Å². The molecular weight excluding hydrogens is 558 g/mol. The molecule has 2 aliphatic carbocycles. The molecule has 0 amide bonds. The van der Waals surface area contributed by atoms with Crippen molar-refractivity contribution in [3.8, 4) is 39.6 Å². The monoisotopic (exact) mass is 585 g/mol. The Labute approximate surface area is 266 Å². The van der Waals surface area contributed by atoms with E-state index in [0.29, 0.717) is 0 Å². The van der Waals surface area contributed by atoms with Crippen LogP contribution in [0.5, 0.6) is 0 Å². The van der Waals surface area contributed by atoms with Crippen molar-refractivity contribution in [1.29, 1.82) is 0 Å². The van der Waals surface area contributed by atoms with E-state index in [0.717, 1.165) is 46.0 Å². The fraction of sp³-hybridized carbons (Fsp3) is 0.0233. The molecule has 46 heavy (non-hydrogen) atoms. The molecule has 8 aromatic rings. The molecule has 6 aromatic carbocycles. The summed E-state index contributed by atoms with van der Waals surface area (Å²) in [5, 5.41) is 4.02. The molecule has 214 valence electrons. The van der Waals surface area contributed by atoms with E-state index in [1.54, 1.807) is 0 Å². The Hall–Kier alpha value is -6.06. The van der Waals surface area contributed by atoms with E-state index in [2.05, 4.69) is 144 Å². The quantitative estimate of drug-likeness (QED) is 0.206. The zero-order valence-corrected chi connectivity index (χ0v) is 25.0. The van der Waals surface area contributed by atoms with E-state index < -0.39 is 0 Å². The van der Waals surface area contributed by atoms with Crippen molar-refractivity contribution in [1.82, 2.24) is 14.5 Å². The van der Waals surface area contributed by atoms with Crippen molar-refractivity contribution in [2.24, 2.45) is 0 Å². The first kappa shape index (κ1) is 25.3. The predicted octanol–water partition coefficient (Wildman–Crippen LogP) is 10.4. The van der Waals surface area contributed by atoms with Gasteiger partial charge in [-0.15, -0.1) is 0 Å². The molecule has 2 aromatic heterocycles. The van der Waals surface area contributed by atoms with Gasteiger partial charge in [0.05, 0.1) is 16.9 Å². The van der Waals surface area contributed by atoms with Crippen LogP contribution in [0.25, 0.3) is 72.4 Å². The van der Waals surface area contributed by atoms with E-state index >= 15 is 0 Å². The van der Waals surface area contributed by atoms with Gasteiger partial charge in [-0.05, 0) is 69.4 Å². The maximum atomic E-state index is 5.05. The van der Waals surface area contributed by atoms with E-state index in [1.807, 2.05) is 12.1 Å². The van der Waals surface area contributed by atoms with Gasteiger partial charge in [0, 0.05) is 45.4 Å². The number of hydrogen-bond acceptors (Lipinski definition) is 2. The number of benzene rings is 6. The third kappa shape index (κ3) is 3.66. The third-order valence-corrected chi connectivity index (χ3v) is 9.62. The molecule has 2 heterocycles. The van der Waals surface area contributed by atoms with Crippen LogP contribution in [0.3, 0.4) is 0 Å². The lowest BCUT2D eigenvalue weighted by Gasteiger charge is -2.13. The average Bonchev–Trinajstić information content (AvgIpc) is 3.76. The highest BCUT2D eigenvalue weighted by Gasteiger charge is 2.35. The lowest BCUT2D eigenvalue weighted by Crippen LogP contribution is -2.01. The van der Waals surface area contributed by atoms with Crippen LogP contribution in [0.15, 0.2) is 152 Å². The molecule has 0 atom stereocenters. The number of para-hydroxylation sites is 1. The number of nitrogens with zero attached hydrogens (tertiary/aromatic N) is 3. The fourth-order valence-electron chi connectivity index (χ4n) is 7.62. The topological polar surface area (TPSA) is 30.7 Å². The Morgan fingerprint density at radius 1 is 0.522 bits per heavy atom. The Morgan fingerprint density at radius 2 is 1.15 bits per heavy atom. The average molecular weight is 586 g/mol. The highest BCUT2D eigenvalue weighted by molar-refractivity contribution is 6.23. The van der Waals surface area contributed by atoms with E-state index in [-0.39, 0.29) is 0 Å². The Morgan fingerprint density at radius 3 is 1.85 bits per heavy atom. The van der Waals surface area contributed by atoms with Gasteiger partial charge in [0.1, 0.15) is 0 Å². The van der Waals surface area contributed by atoms with Crippen LogP contribution in [-0.2, 0) is 6.42 Å². The van der Waals surface area contributed by atoms with Gasteiger partial charge >= 0.3 is 0 Å². The van der Waals surface area contributed by atoms with Gasteiger partial charge in [0.25, 0.3) is 0 Å². The van der Waals surface area contributed by atoms with Gasteiger partial charge in [0.2, 0.25) is 0 Å². The summed E-state index contributed by atoms with van der Waals surface area (Å²) < 4.78 is 2.46. The van der Waals surface area contributed by atoms with E-state index in [4.69, 9.17) is 9.97 Å². The minimum Gasteiger partial charge on any atom is -0.313 e. The molecule has 0 N–H and O–H groups in total. The molecule has 3 heteroatoms. The number of fused-ring (bicyclic) bond motifs is 6. The van der Waals surface area contributed by atoms with Gasteiger partial charge in [0.15, 0.2) is 5.82 Å². The standard InChI is InChI=1S/C43H27N3/c1-3-11-27(12-4-1)36-26-37(28-13-5-2-6-14-28)45-43(44-36)30-21-23-31(24-22-30)46-38-20-8-7-17-33(38)42-39(46)25-35-32-18-9-15-29-16-10-19-34(40(29)32)41(35)42/h1-24,26H,25H2. The SMILES string of the molecule is c1ccc(-c2cc(-c3ccccc3)nc(-c3ccc(-n4c5c(c6ccccc64)C4=C(C5)c5cccc6cccc4c56)cc3)n2)cc1. The van der Waals surface area contributed by atoms with Crippen LogP contribution in [0.1, 0.15) is 22.4 Å². The second-order valence-electron chi connectivity index (χ2n) is 12.2. The molecule has 3 nitrogen and oxygen atoms in total. The zero-order chi connectivity index (χ0) is 30.2. The summed E-state index contributed by atoms with van der Waals surface area (Å²) in [7, 11) is 0. The summed E-state index contributed by atoms with van der Waals surface area (Å²) in [6.45, 7) is 0. The molecule has 0 fully saturated rings. The summed E-state index contributed by atoms with van der Waals surface area (Å²) in [6, 6.07) is 53.9. The van der Waals surface area contributed by atoms with Crippen molar-refractivity contribution in [2.45, 2.75) is 6.42 Å². The minimum absolute atomic E-state index is 0.722. The summed E-state index contributed by atoms with van der Waals surface area (Å²) in [6.07, 6.45) is 0.914. The van der Waals surface area contributed by atoms with Crippen molar-refractivity contribution in [3.63, 3.8) is 0 Å². The molecule has 10 rings (SSSR count). The first-order chi connectivity index (χ1) is 22.8. The van der Waals surface area contributed by atoms with Crippen LogP contribution in [-0.4, -0.2) is 14.5 Å². The number of rotatable bonds is 4. The molecule has 0 saturated carbocycles.